The van der Waals surface area contributed by atoms with Gasteiger partial charge in [0.2, 0.25) is 11.8 Å². The second-order valence-corrected chi connectivity index (χ2v) is 4.71. The van der Waals surface area contributed by atoms with Crippen molar-refractivity contribution in [1.29, 1.82) is 0 Å². The number of benzene rings is 1. The number of amides is 2. The minimum Gasteiger partial charge on any atom is -0.354 e. The fraction of sp³-hybridized carbons (Fsp3) is 0.333. The van der Waals surface area contributed by atoms with E-state index in [4.69, 9.17) is 0 Å². The summed E-state index contributed by atoms with van der Waals surface area (Å²) in [5, 5.41) is 15.9. The molecule has 7 nitrogen and oxygen atoms in total. The van der Waals surface area contributed by atoms with Crippen LogP contribution in [0.1, 0.15) is 25.8 Å². The largest absolute Gasteiger partial charge is 0.354 e. The van der Waals surface area contributed by atoms with Gasteiger partial charge >= 0.3 is 0 Å². The Kier molecular flexibility index (Phi) is 6.75. The standard InChI is InChI=1S/C15H19N3O4/c1-3-9-16-15(20)11(2)17-14(19)8-7-12-5-4-6-13(10-12)18(21)22/h4-8,10-11H,3,9H2,1-2H3,(H,16,20)(H,17,19)/b8-7+. The molecule has 0 bridgehead atoms. The number of carbonyl (C=O) groups is 2. The third-order valence-corrected chi connectivity index (χ3v) is 2.81. The highest BCUT2D eigenvalue weighted by molar-refractivity contribution is 5.95. The van der Waals surface area contributed by atoms with Gasteiger partial charge in [0.15, 0.2) is 0 Å². The molecule has 0 saturated carbocycles. The number of nitro groups is 1. The molecule has 0 heterocycles. The van der Waals surface area contributed by atoms with Gasteiger partial charge < -0.3 is 10.6 Å². The summed E-state index contributed by atoms with van der Waals surface area (Å²) in [5.41, 5.74) is 0.488. The van der Waals surface area contributed by atoms with Gasteiger partial charge in [-0.1, -0.05) is 19.1 Å². The first-order valence-electron chi connectivity index (χ1n) is 6.94. The molecule has 1 unspecified atom stereocenters. The topological polar surface area (TPSA) is 101 Å². The Bertz CT molecular complexity index is 584. The van der Waals surface area contributed by atoms with E-state index in [0.717, 1.165) is 6.42 Å². The average molecular weight is 305 g/mol. The van der Waals surface area contributed by atoms with Gasteiger partial charge in [-0.2, -0.15) is 0 Å². The third kappa shape index (κ3) is 5.74. The summed E-state index contributed by atoms with van der Waals surface area (Å²) in [5.74, 6) is -0.690. The monoisotopic (exact) mass is 305 g/mol. The van der Waals surface area contributed by atoms with Crippen LogP contribution < -0.4 is 10.6 Å². The molecule has 22 heavy (non-hydrogen) atoms. The smallest absolute Gasteiger partial charge is 0.270 e. The first-order chi connectivity index (χ1) is 10.4. The molecule has 0 aliphatic heterocycles. The van der Waals surface area contributed by atoms with Gasteiger partial charge in [0, 0.05) is 24.8 Å². The second-order valence-electron chi connectivity index (χ2n) is 4.71. The quantitative estimate of drug-likeness (QED) is 0.454. The van der Waals surface area contributed by atoms with Crippen LogP contribution in [0.2, 0.25) is 0 Å². The number of hydrogen-bond donors (Lipinski definition) is 2. The molecule has 7 heteroatoms. The highest BCUT2D eigenvalue weighted by atomic mass is 16.6. The number of nitrogens with one attached hydrogen (secondary N) is 2. The van der Waals surface area contributed by atoms with E-state index in [1.165, 1.54) is 30.4 Å². The van der Waals surface area contributed by atoms with Crippen LogP contribution in [-0.2, 0) is 9.59 Å². The Morgan fingerprint density at radius 1 is 1.41 bits per heavy atom. The Balaban J connectivity index is 2.59. The van der Waals surface area contributed by atoms with E-state index in [-0.39, 0.29) is 11.6 Å². The molecule has 0 saturated heterocycles. The fourth-order valence-corrected chi connectivity index (χ4v) is 1.64. The fourth-order valence-electron chi connectivity index (χ4n) is 1.64. The lowest BCUT2D eigenvalue weighted by atomic mass is 10.2. The maximum absolute atomic E-state index is 11.7. The highest BCUT2D eigenvalue weighted by Crippen LogP contribution is 2.13. The molecule has 0 spiro atoms. The number of nitro benzene ring substituents is 1. The molecule has 118 valence electrons. The van der Waals surface area contributed by atoms with Crippen molar-refractivity contribution in [2.45, 2.75) is 26.3 Å². The molecule has 2 amide bonds. The summed E-state index contributed by atoms with van der Waals surface area (Å²) in [7, 11) is 0. The van der Waals surface area contributed by atoms with Crippen LogP contribution in [0, 0.1) is 10.1 Å². The predicted octanol–water partition coefficient (Wildman–Crippen LogP) is 1.64. The normalized spacial score (nSPS) is 11.9. The van der Waals surface area contributed by atoms with Gasteiger partial charge in [-0.05, 0) is 25.0 Å². The van der Waals surface area contributed by atoms with Crippen molar-refractivity contribution in [3.8, 4) is 0 Å². The number of non-ortho nitro benzene ring substituents is 1. The van der Waals surface area contributed by atoms with Gasteiger partial charge in [-0.3, -0.25) is 19.7 Å². The summed E-state index contributed by atoms with van der Waals surface area (Å²) < 4.78 is 0. The van der Waals surface area contributed by atoms with E-state index >= 15 is 0 Å². The van der Waals surface area contributed by atoms with Crippen LogP contribution in [0.4, 0.5) is 5.69 Å². The zero-order chi connectivity index (χ0) is 16.5. The van der Waals surface area contributed by atoms with E-state index in [9.17, 15) is 19.7 Å². The van der Waals surface area contributed by atoms with Crippen LogP contribution in [-0.4, -0.2) is 29.3 Å². The molecule has 0 aliphatic carbocycles. The second kappa shape index (κ2) is 8.56. The van der Waals surface area contributed by atoms with E-state index in [0.29, 0.717) is 12.1 Å². The molecule has 1 atom stereocenters. The Labute approximate surface area is 128 Å². The molecule has 0 fully saturated rings. The van der Waals surface area contributed by atoms with Crippen molar-refractivity contribution in [3.05, 3.63) is 46.0 Å². The number of rotatable bonds is 7. The van der Waals surface area contributed by atoms with Crippen molar-refractivity contribution in [2.75, 3.05) is 6.54 Å². The van der Waals surface area contributed by atoms with Gasteiger partial charge in [0.25, 0.3) is 5.69 Å². The van der Waals surface area contributed by atoms with Crippen molar-refractivity contribution in [3.63, 3.8) is 0 Å². The Morgan fingerprint density at radius 3 is 2.77 bits per heavy atom. The zero-order valence-electron chi connectivity index (χ0n) is 12.5. The molecular weight excluding hydrogens is 286 g/mol. The highest BCUT2D eigenvalue weighted by Gasteiger charge is 2.13. The predicted molar refractivity (Wildman–Crippen MR) is 83.0 cm³/mol. The van der Waals surface area contributed by atoms with Gasteiger partial charge in [0.1, 0.15) is 6.04 Å². The SMILES string of the molecule is CCCNC(=O)C(C)NC(=O)/C=C/c1cccc([N+](=O)[O-])c1. The van der Waals surface area contributed by atoms with Crippen LogP contribution in [0.15, 0.2) is 30.3 Å². The average Bonchev–Trinajstić information content (AvgIpc) is 2.50. The summed E-state index contributed by atoms with van der Waals surface area (Å²) in [6.07, 6.45) is 3.51. The first-order valence-corrected chi connectivity index (χ1v) is 6.94. The van der Waals surface area contributed by atoms with Crippen molar-refractivity contribution >= 4 is 23.6 Å². The Morgan fingerprint density at radius 2 is 2.14 bits per heavy atom. The Hall–Kier alpha value is -2.70. The third-order valence-electron chi connectivity index (χ3n) is 2.81. The van der Waals surface area contributed by atoms with Crippen molar-refractivity contribution in [2.24, 2.45) is 0 Å². The van der Waals surface area contributed by atoms with E-state index in [1.54, 1.807) is 13.0 Å². The molecule has 0 aromatic heterocycles. The summed E-state index contributed by atoms with van der Waals surface area (Å²) in [6.45, 7) is 4.08. The van der Waals surface area contributed by atoms with Crippen LogP contribution >= 0.6 is 0 Å². The van der Waals surface area contributed by atoms with Gasteiger partial charge in [-0.25, -0.2) is 0 Å². The molecular formula is C15H19N3O4. The van der Waals surface area contributed by atoms with Gasteiger partial charge in [-0.15, -0.1) is 0 Å². The number of carbonyl (C=O) groups excluding carboxylic acids is 2. The molecule has 1 rings (SSSR count). The van der Waals surface area contributed by atoms with E-state index in [2.05, 4.69) is 10.6 Å². The van der Waals surface area contributed by atoms with Crippen molar-refractivity contribution < 1.29 is 14.5 Å². The molecule has 0 radical (unpaired) electrons. The van der Waals surface area contributed by atoms with Crippen LogP contribution in [0.25, 0.3) is 6.08 Å². The lowest BCUT2D eigenvalue weighted by Gasteiger charge is -2.12. The maximum atomic E-state index is 11.7. The van der Waals surface area contributed by atoms with Crippen molar-refractivity contribution in [1.82, 2.24) is 10.6 Å². The minimum absolute atomic E-state index is 0.0464. The maximum Gasteiger partial charge on any atom is 0.270 e. The first kappa shape index (κ1) is 17.4. The number of hydrogen-bond acceptors (Lipinski definition) is 4. The molecule has 0 aliphatic rings. The molecule has 1 aromatic carbocycles. The minimum atomic E-state index is -0.645. The zero-order valence-corrected chi connectivity index (χ0v) is 12.5. The molecule has 1 aromatic rings. The summed E-state index contributed by atoms with van der Waals surface area (Å²) in [4.78, 5) is 33.5. The summed E-state index contributed by atoms with van der Waals surface area (Å²) in [6, 6.07) is 5.28. The van der Waals surface area contributed by atoms with E-state index in [1.807, 2.05) is 6.92 Å². The van der Waals surface area contributed by atoms with Gasteiger partial charge in [0.05, 0.1) is 4.92 Å². The number of nitrogens with zero attached hydrogens (tertiary/aromatic N) is 1. The lowest BCUT2D eigenvalue weighted by Crippen LogP contribution is -2.44. The van der Waals surface area contributed by atoms with E-state index < -0.39 is 16.9 Å². The summed E-state index contributed by atoms with van der Waals surface area (Å²) >= 11 is 0. The van der Waals surface area contributed by atoms with Crippen LogP contribution in [0.5, 0.6) is 0 Å². The van der Waals surface area contributed by atoms with Crippen LogP contribution in [0.3, 0.4) is 0 Å². The molecule has 2 N–H and O–H groups in total. The lowest BCUT2D eigenvalue weighted by molar-refractivity contribution is -0.384.